The summed E-state index contributed by atoms with van der Waals surface area (Å²) in [6.45, 7) is -0.575. The van der Waals surface area contributed by atoms with Crippen LogP contribution in [-0.2, 0) is 14.3 Å². The molecule has 1 aliphatic rings. The summed E-state index contributed by atoms with van der Waals surface area (Å²) in [5, 5.41) is 60.2. The summed E-state index contributed by atoms with van der Waals surface area (Å²) >= 11 is 0. The van der Waals surface area contributed by atoms with Crippen molar-refractivity contribution in [3.05, 3.63) is 12.0 Å². The number of aliphatic imine (C=N–C) groups is 1. The number of carboxylic acids is 2. The molecule has 2 heterocycles. The van der Waals surface area contributed by atoms with E-state index in [-0.39, 0.29) is 64.9 Å². The molecule has 0 spiro atoms. The molecule has 1 aromatic rings. The number of rotatable bonds is 7. The Morgan fingerprint density at radius 2 is 1.93 bits per heavy atom. The Labute approximate surface area is 202 Å². The molecule has 0 amide bonds. The van der Waals surface area contributed by atoms with Crippen LogP contribution in [0.5, 0.6) is 0 Å². The van der Waals surface area contributed by atoms with Gasteiger partial charge in [0.25, 0.3) is 0 Å². The number of carboxylic acid groups (broad SMARTS) is 2. The third kappa shape index (κ3) is 5.89. The number of aromatic nitrogens is 2. The monoisotopic (exact) mass is 418 g/mol. The van der Waals surface area contributed by atoms with Crippen molar-refractivity contribution in [1.82, 2.24) is 9.55 Å². The first-order chi connectivity index (χ1) is 12.2. The van der Waals surface area contributed by atoms with Crippen LogP contribution in [0.1, 0.15) is 18.3 Å². The Hall–Kier alpha value is -0.740. The SMILES string of the molecule is Nc1c(C([O-])=N[C@@H](CC(=O)[O-])C(=O)O)ncn1[C@@H]1O[C@H](CO)[C@@H](O)[C@H]1O.[Na+].[Na+]. The molecule has 1 saturated heterocycles. The molecule has 15 heteroatoms. The molecule has 0 saturated carbocycles. The minimum absolute atomic E-state index is 0. The summed E-state index contributed by atoms with van der Waals surface area (Å²) in [6, 6.07) is -1.88. The van der Waals surface area contributed by atoms with E-state index < -0.39 is 67.1 Å². The van der Waals surface area contributed by atoms with Gasteiger partial charge in [-0.3, -0.25) is 9.56 Å². The maximum atomic E-state index is 12.1. The van der Waals surface area contributed by atoms with Crippen molar-refractivity contribution in [2.24, 2.45) is 4.99 Å². The van der Waals surface area contributed by atoms with E-state index in [9.17, 15) is 30.0 Å². The molecule has 1 fully saturated rings. The molecule has 0 unspecified atom stereocenters. The van der Waals surface area contributed by atoms with Gasteiger partial charge in [0.1, 0.15) is 29.8 Å². The number of ether oxygens (including phenoxy) is 1. The summed E-state index contributed by atoms with van der Waals surface area (Å²) in [4.78, 5) is 28.4. The van der Waals surface area contributed by atoms with Crippen molar-refractivity contribution in [3.8, 4) is 0 Å². The summed E-state index contributed by atoms with van der Waals surface area (Å²) in [7, 11) is 0. The Balaban J connectivity index is 0.00000364. The number of carbonyl (C=O) groups is 2. The van der Waals surface area contributed by atoms with Crippen molar-refractivity contribution >= 4 is 23.7 Å². The number of aliphatic hydroxyl groups is 3. The third-order valence-electron chi connectivity index (χ3n) is 3.74. The van der Waals surface area contributed by atoms with Gasteiger partial charge in [-0.05, 0) is 0 Å². The molecule has 6 N–H and O–H groups in total. The van der Waals surface area contributed by atoms with E-state index in [4.69, 9.17) is 20.7 Å². The number of aliphatic hydroxyl groups excluding tert-OH is 3. The first-order valence-electron chi connectivity index (χ1n) is 7.30. The third-order valence-corrected chi connectivity index (χ3v) is 3.74. The molecule has 0 bridgehead atoms. The number of aliphatic carboxylic acids is 2. The second-order valence-corrected chi connectivity index (χ2v) is 5.48. The molecule has 1 aliphatic heterocycles. The van der Waals surface area contributed by atoms with Gasteiger partial charge in [0.05, 0.1) is 12.9 Å². The second-order valence-electron chi connectivity index (χ2n) is 5.48. The summed E-state index contributed by atoms with van der Waals surface area (Å²) in [5.74, 6) is -4.91. The van der Waals surface area contributed by atoms with Crippen molar-refractivity contribution in [2.45, 2.75) is 37.0 Å². The smallest absolute Gasteiger partial charge is 0.857 e. The van der Waals surface area contributed by atoms with E-state index in [1.165, 1.54) is 0 Å². The van der Waals surface area contributed by atoms with Gasteiger partial charge in [0, 0.05) is 18.3 Å². The zero-order valence-electron chi connectivity index (χ0n) is 15.1. The van der Waals surface area contributed by atoms with Crippen LogP contribution in [0.25, 0.3) is 0 Å². The largest absolute Gasteiger partial charge is 1.00 e. The van der Waals surface area contributed by atoms with E-state index in [0.29, 0.717) is 0 Å². The molecule has 28 heavy (non-hydrogen) atoms. The summed E-state index contributed by atoms with van der Waals surface area (Å²) in [5.41, 5.74) is 5.25. The van der Waals surface area contributed by atoms with Crippen LogP contribution in [0.4, 0.5) is 5.82 Å². The van der Waals surface area contributed by atoms with Gasteiger partial charge >= 0.3 is 65.1 Å². The first-order valence-corrected chi connectivity index (χ1v) is 7.30. The Morgan fingerprint density at radius 3 is 2.39 bits per heavy atom. The molecule has 0 radical (unpaired) electrons. The molecule has 1 aromatic heterocycles. The molecule has 2 rings (SSSR count). The number of nitrogens with two attached hydrogens (primary N) is 1. The van der Waals surface area contributed by atoms with Crippen LogP contribution in [0.3, 0.4) is 0 Å². The zero-order valence-corrected chi connectivity index (χ0v) is 19.1. The van der Waals surface area contributed by atoms with E-state index in [1.807, 2.05) is 0 Å². The van der Waals surface area contributed by atoms with Crippen LogP contribution in [0, 0.1) is 0 Å². The van der Waals surface area contributed by atoms with Crippen molar-refractivity contribution in [2.75, 3.05) is 12.3 Å². The van der Waals surface area contributed by atoms with Crippen LogP contribution in [0.15, 0.2) is 11.3 Å². The molecule has 5 atom stereocenters. The van der Waals surface area contributed by atoms with Crippen LogP contribution in [-0.4, -0.2) is 78.8 Å². The standard InChI is InChI=1S/C13H18N4O9.2Na/c14-10-7(11(23)16-4(13(24)25)1-6(19)20)15-3-17(10)12-9(22)8(21)5(2-18)26-12;;/h3-5,8-9,12,18,21-22H,1-2,14H2,(H,16,23)(H,19,20)(H,24,25);;/q;2*+1/p-2/t4-,5+,8+,9+,12+;;/m0../s1. The Morgan fingerprint density at radius 1 is 1.32 bits per heavy atom. The number of anilines is 1. The number of hydrogen-bond donors (Lipinski definition) is 5. The van der Waals surface area contributed by atoms with Crippen molar-refractivity contribution in [1.29, 1.82) is 0 Å². The van der Waals surface area contributed by atoms with Gasteiger partial charge in [-0.2, -0.15) is 0 Å². The van der Waals surface area contributed by atoms with E-state index >= 15 is 0 Å². The first kappa shape index (κ1) is 27.3. The van der Waals surface area contributed by atoms with Gasteiger partial charge in [0.2, 0.25) is 0 Å². The van der Waals surface area contributed by atoms with Gasteiger partial charge < -0.3 is 45.9 Å². The van der Waals surface area contributed by atoms with Gasteiger partial charge in [0.15, 0.2) is 12.3 Å². The second kappa shape index (κ2) is 11.4. The molecule has 144 valence electrons. The van der Waals surface area contributed by atoms with Gasteiger partial charge in [-0.15, -0.1) is 0 Å². The van der Waals surface area contributed by atoms with Crippen LogP contribution in [0.2, 0.25) is 0 Å². The molecular weight excluding hydrogens is 402 g/mol. The zero-order chi connectivity index (χ0) is 19.6. The molecular formula is C13H16N4Na2O9. The van der Waals surface area contributed by atoms with E-state index in [0.717, 1.165) is 10.9 Å². The topological polar surface area (TPSA) is 227 Å². The summed E-state index contributed by atoms with van der Waals surface area (Å²) in [6.07, 6.45) is -5.25. The minimum Gasteiger partial charge on any atom is -0.857 e. The average Bonchev–Trinajstić information content (AvgIpc) is 3.07. The molecule has 13 nitrogen and oxygen atoms in total. The number of carbonyl (C=O) groups excluding carboxylic acids is 1. The number of nitrogens with zero attached hydrogens (tertiary/aromatic N) is 3. The normalized spacial score (nSPS) is 25.5. The Bertz CT molecular complexity index is 729. The fourth-order valence-corrected chi connectivity index (χ4v) is 2.40. The molecule has 0 aromatic carbocycles. The maximum Gasteiger partial charge on any atom is 1.00 e. The predicted molar refractivity (Wildman–Crippen MR) is 77.2 cm³/mol. The minimum atomic E-state index is -1.88. The van der Waals surface area contributed by atoms with Crippen molar-refractivity contribution in [3.63, 3.8) is 0 Å². The van der Waals surface area contributed by atoms with Gasteiger partial charge in [-0.25, -0.2) is 9.78 Å². The van der Waals surface area contributed by atoms with Crippen LogP contribution >= 0.6 is 0 Å². The van der Waals surface area contributed by atoms with Gasteiger partial charge in [-0.1, -0.05) is 0 Å². The quantitative estimate of drug-likeness (QED) is 0.159. The Kier molecular flexibility index (Phi) is 11.1. The summed E-state index contributed by atoms with van der Waals surface area (Å²) < 4.78 is 6.24. The van der Waals surface area contributed by atoms with Crippen molar-refractivity contribution < 1.29 is 104 Å². The number of imidazole rings is 1. The van der Waals surface area contributed by atoms with Crippen LogP contribution < -0.4 is 75.1 Å². The number of nitrogen functional groups attached to an aromatic ring is 1. The predicted octanol–water partition coefficient (Wildman–Crippen LogP) is -11.2. The number of hydrogen-bond acceptors (Lipinski definition) is 11. The fraction of sp³-hybridized carbons (Fsp3) is 0.538. The molecule has 0 aliphatic carbocycles. The van der Waals surface area contributed by atoms with E-state index in [1.54, 1.807) is 0 Å². The maximum absolute atomic E-state index is 12.1. The average molecular weight is 418 g/mol. The fourth-order valence-electron chi connectivity index (χ4n) is 2.40. The van der Waals surface area contributed by atoms with E-state index in [2.05, 4.69) is 9.98 Å².